The van der Waals surface area contributed by atoms with E-state index in [2.05, 4.69) is 20.0 Å². The SMILES string of the molecule is CO/N=C\c1ccncn1. The molecule has 0 saturated heterocycles. The van der Waals surface area contributed by atoms with Crippen LogP contribution in [0.15, 0.2) is 23.7 Å². The van der Waals surface area contributed by atoms with Gasteiger partial charge in [-0.25, -0.2) is 9.97 Å². The van der Waals surface area contributed by atoms with E-state index in [9.17, 15) is 0 Å². The van der Waals surface area contributed by atoms with Crippen molar-refractivity contribution >= 4 is 6.21 Å². The van der Waals surface area contributed by atoms with E-state index in [4.69, 9.17) is 0 Å². The van der Waals surface area contributed by atoms with E-state index in [1.54, 1.807) is 12.3 Å². The molecule has 0 amide bonds. The highest BCUT2D eigenvalue weighted by molar-refractivity contribution is 5.75. The molecule has 0 aromatic carbocycles. The summed E-state index contributed by atoms with van der Waals surface area (Å²) in [7, 11) is 1.48. The Balaban J connectivity index is 2.67. The number of rotatable bonds is 2. The highest BCUT2D eigenvalue weighted by atomic mass is 16.6. The van der Waals surface area contributed by atoms with Crippen molar-refractivity contribution in [1.82, 2.24) is 9.97 Å². The second kappa shape index (κ2) is 3.55. The summed E-state index contributed by atoms with van der Waals surface area (Å²) >= 11 is 0. The molecule has 0 bridgehead atoms. The highest BCUT2D eigenvalue weighted by Crippen LogP contribution is 1.84. The van der Waals surface area contributed by atoms with Crippen molar-refractivity contribution in [1.29, 1.82) is 0 Å². The fraction of sp³-hybridized carbons (Fsp3) is 0.167. The maximum absolute atomic E-state index is 4.45. The Morgan fingerprint density at radius 1 is 1.70 bits per heavy atom. The number of nitrogens with zero attached hydrogens (tertiary/aromatic N) is 3. The third-order valence-corrected chi connectivity index (χ3v) is 0.895. The fourth-order valence-electron chi connectivity index (χ4n) is 0.484. The summed E-state index contributed by atoms with van der Waals surface area (Å²) in [5, 5.41) is 3.53. The molecule has 0 unspecified atom stereocenters. The third kappa shape index (κ3) is 1.81. The zero-order valence-electron chi connectivity index (χ0n) is 5.56. The van der Waals surface area contributed by atoms with Gasteiger partial charge in [-0.3, -0.25) is 0 Å². The van der Waals surface area contributed by atoms with Crippen LogP contribution >= 0.6 is 0 Å². The molecule has 0 aliphatic heterocycles. The molecular formula is C6H7N3O. The van der Waals surface area contributed by atoms with E-state index in [0.717, 1.165) is 5.69 Å². The van der Waals surface area contributed by atoms with E-state index in [-0.39, 0.29) is 0 Å². The molecule has 0 spiro atoms. The van der Waals surface area contributed by atoms with Crippen LogP contribution in [0.4, 0.5) is 0 Å². The van der Waals surface area contributed by atoms with Gasteiger partial charge in [0.25, 0.3) is 0 Å². The van der Waals surface area contributed by atoms with E-state index in [1.165, 1.54) is 19.7 Å². The first-order chi connectivity index (χ1) is 4.93. The minimum Gasteiger partial charge on any atom is -0.399 e. The minimum absolute atomic E-state index is 0.733. The second-order valence-corrected chi connectivity index (χ2v) is 1.55. The molecule has 10 heavy (non-hydrogen) atoms. The standard InChI is InChI=1S/C6H7N3O/c1-10-9-4-6-2-3-7-5-8-6/h2-5H,1H3/b9-4-. The first kappa shape index (κ1) is 6.67. The maximum atomic E-state index is 4.45. The molecule has 4 nitrogen and oxygen atoms in total. The lowest BCUT2D eigenvalue weighted by atomic mass is 10.4. The Bertz CT molecular complexity index is 209. The molecule has 4 heteroatoms. The Labute approximate surface area is 58.6 Å². The van der Waals surface area contributed by atoms with Crippen molar-refractivity contribution in [3.63, 3.8) is 0 Å². The monoisotopic (exact) mass is 137 g/mol. The van der Waals surface area contributed by atoms with Gasteiger partial charge < -0.3 is 4.84 Å². The molecule has 0 aliphatic carbocycles. The Morgan fingerprint density at radius 2 is 2.60 bits per heavy atom. The van der Waals surface area contributed by atoms with Crippen molar-refractivity contribution in [2.45, 2.75) is 0 Å². The summed E-state index contributed by atoms with van der Waals surface area (Å²) in [5.74, 6) is 0. The number of oxime groups is 1. The first-order valence-electron chi connectivity index (χ1n) is 2.76. The Kier molecular flexibility index (Phi) is 2.37. The molecular weight excluding hydrogens is 130 g/mol. The summed E-state index contributed by atoms with van der Waals surface area (Å²) in [4.78, 5) is 12.1. The minimum atomic E-state index is 0.733. The van der Waals surface area contributed by atoms with E-state index < -0.39 is 0 Å². The Morgan fingerprint density at radius 3 is 3.20 bits per heavy atom. The second-order valence-electron chi connectivity index (χ2n) is 1.55. The van der Waals surface area contributed by atoms with E-state index in [0.29, 0.717) is 0 Å². The zero-order chi connectivity index (χ0) is 7.23. The van der Waals surface area contributed by atoms with Gasteiger partial charge in [-0.1, -0.05) is 5.16 Å². The van der Waals surface area contributed by atoms with Crippen LogP contribution in [0, 0.1) is 0 Å². The van der Waals surface area contributed by atoms with Crippen LogP contribution in [0.25, 0.3) is 0 Å². The molecule has 0 aliphatic rings. The van der Waals surface area contributed by atoms with Crippen molar-refractivity contribution < 1.29 is 4.84 Å². The molecule has 0 N–H and O–H groups in total. The quantitative estimate of drug-likeness (QED) is 0.439. The molecule has 0 fully saturated rings. The van der Waals surface area contributed by atoms with Crippen LogP contribution in [0.2, 0.25) is 0 Å². The predicted molar refractivity (Wildman–Crippen MR) is 36.6 cm³/mol. The van der Waals surface area contributed by atoms with Crippen LogP contribution in [0.1, 0.15) is 5.69 Å². The van der Waals surface area contributed by atoms with Gasteiger partial charge >= 0.3 is 0 Å². The van der Waals surface area contributed by atoms with E-state index in [1.807, 2.05) is 0 Å². The summed E-state index contributed by atoms with van der Waals surface area (Å²) < 4.78 is 0. The van der Waals surface area contributed by atoms with Crippen molar-refractivity contribution in [3.05, 3.63) is 24.3 Å². The van der Waals surface area contributed by atoms with Gasteiger partial charge in [0.1, 0.15) is 13.4 Å². The smallest absolute Gasteiger partial charge is 0.116 e. The van der Waals surface area contributed by atoms with Crippen LogP contribution < -0.4 is 0 Å². The largest absolute Gasteiger partial charge is 0.399 e. The number of hydrogen-bond donors (Lipinski definition) is 0. The van der Waals surface area contributed by atoms with Gasteiger partial charge in [-0.2, -0.15) is 0 Å². The van der Waals surface area contributed by atoms with Crippen molar-refractivity contribution in [2.24, 2.45) is 5.16 Å². The van der Waals surface area contributed by atoms with Crippen molar-refractivity contribution in [2.75, 3.05) is 7.11 Å². The van der Waals surface area contributed by atoms with Gasteiger partial charge in [0.2, 0.25) is 0 Å². The molecule has 0 saturated carbocycles. The average Bonchev–Trinajstić information content (AvgIpc) is 2.03. The number of hydrogen-bond acceptors (Lipinski definition) is 4. The average molecular weight is 137 g/mol. The summed E-state index contributed by atoms with van der Waals surface area (Å²) in [6.07, 6.45) is 4.61. The van der Waals surface area contributed by atoms with Crippen LogP contribution in [0.5, 0.6) is 0 Å². The molecule has 1 heterocycles. The topological polar surface area (TPSA) is 47.4 Å². The fourth-order valence-corrected chi connectivity index (χ4v) is 0.484. The van der Waals surface area contributed by atoms with E-state index >= 15 is 0 Å². The molecule has 1 aromatic rings. The lowest BCUT2D eigenvalue weighted by molar-refractivity contribution is 0.215. The molecule has 0 atom stereocenters. The predicted octanol–water partition coefficient (Wildman–Crippen LogP) is 0.457. The molecule has 1 aromatic heterocycles. The van der Waals surface area contributed by atoms with Gasteiger partial charge in [-0.15, -0.1) is 0 Å². The first-order valence-corrected chi connectivity index (χ1v) is 2.76. The van der Waals surface area contributed by atoms with Crippen LogP contribution in [0.3, 0.4) is 0 Å². The molecule has 52 valence electrons. The lowest BCUT2D eigenvalue weighted by Crippen LogP contribution is -1.86. The van der Waals surface area contributed by atoms with Gasteiger partial charge in [0.15, 0.2) is 0 Å². The van der Waals surface area contributed by atoms with Gasteiger partial charge in [-0.05, 0) is 6.07 Å². The van der Waals surface area contributed by atoms with Gasteiger partial charge in [0.05, 0.1) is 11.9 Å². The Hall–Kier alpha value is -1.45. The van der Waals surface area contributed by atoms with Gasteiger partial charge in [0, 0.05) is 6.20 Å². The lowest BCUT2D eigenvalue weighted by Gasteiger charge is -1.87. The molecule has 0 radical (unpaired) electrons. The van der Waals surface area contributed by atoms with Crippen LogP contribution in [-0.4, -0.2) is 23.3 Å². The van der Waals surface area contributed by atoms with Crippen LogP contribution in [-0.2, 0) is 4.84 Å². The van der Waals surface area contributed by atoms with Crippen molar-refractivity contribution in [3.8, 4) is 0 Å². The maximum Gasteiger partial charge on any atom is 0.116 e. The zero-order valence-corrected chi connectivity index (χ0v) is 5.56. The number of aromatic nitrogens is 2. The third-order valence-electron chi connectivity index (χ3n) is 0.895. The molecule has 1 rings (SSSR count). The summed E-state index contributed by atoms with van der Waals surface area (Å²) in [5.41, 5.74) is 0.733. The normalized spacial score (nSPS) is 10.1. The summed E-state index contributed by atoms with van der Waals surface area (Å²) in [6.45, 7) is 0. The summed E-state index contributed by atoms with van der Waals surface area (Å²) in [6, 6.07) is 1.74. The highest BCUT2D eigenvalue weighted by Gasteiger charge is 1.83.